The second-order valence-corrected chi connectivity index (χ2v) is 3.78. The fourth-order valence-electron chi connectivity index (χ4n) is 1.63. The molecule has 0 aliphatic carbocycles. The quantitative estimate of drug-likeness (QED) is 0.672. The number of carboxylic acid groups (broad SMARTS) is 1. The Morgan fingerprint density at radius 2 is 1.87 bits per heavy atom. The lowest BCUT2D eigenvalue weighted by Gasteiger charge is -2.15. The number of carbonyl (C=O) groups is 2. The molecule has 0 spiro atoms. The Bertz CT molecular complexity index is 225. The average Bonchev–Trinajstić information content (AvgIpc) is 2.69. The zero-order chi connectivity index (χ0) is 11.1. The van der Waals surface area contributed by atoms with Crippen molar-refractivity contribution in [2.45, 2.75) is 32.1 Å². The minimum atomic E-state index is -0.777. The van der Waals surface area contributed by atoms with E-state index >= 15 is 0 Å². The number of amides is 2. The summed E-state index contributed by atoms with van der Waals surface area (Å²) in [6.45, 7) is 2.27. The Kier molecular flexibility index (Phi) is 4.93. The minimum Gasteiger partial charge on any atom is -0.481 e. The molecule has 15 heavy (non-hydrogen) atoms. The first-order valence-electron chi connectivity index (χ1n) is 5.45. The van der Waals surface area contributed by atoms with Crippen molar-refractivity contribution < 1.29 is 14.7 Å². The van der Waals surface area contributed by atoms with Crippen molar-refractivity contribution in [1.29, 1.82) is 0 Å². The summed E-state index contributed by atoms with van der Waals surface area (Å²) in [6, 6.07) is -0.0113. The summed E-state index contributed by atoms with van der Waals surface area (Å²) < 4.78 is 0. The van der Waals surface area contributed by atoms with Crippen LogP contribution >= 0.6 is 0 Å². The second kappa shape index (κ2) is 6.27. The number of unbranched alkanes of at least 4 members (excludes halogenated alkanes) is 1. The first-order valence-corrected chi connectivity index (χ1v) is 5.45. The number of nitrogens with zero attached hydrogens (tertiary/aromatic N) is 1. The predicted molar refractivity (Wildman–Crippen MR) is 55.7 cm³/mol. The van der Waals surface area contributed by atoms with Gasteiger partial charge in [0.25, 0.3) is 0 Å². The Hall–Kier alpha value is -1.26. The maximum atomic E-state index is 11.4. The van der Waals surface area contributed by atoms with Gasteiger partial charge < -0.3 is 15.3 Å². The average molecular weight is 214 g/mol. The smallest absolute Gasteiger partial charge is 0.317 e. The lowest BCUT2D eigenvalue weighted by molar-refractivity contribution is -0.137. The van der Waals surface area contributed by atoms with Crippen LogP contribution in [0.25, 0.3) is 0 Å². The fraction of sp³-hybridized carbons (Fsp3) is 0.800. The van der Waals surface area contributed by atoms with Crippen LogP contribution < -0.4 is 5.32 Å². The van der Waals surface area contributed by atoms with Gasteiger partial charge in [0, 0.05) is 26.1 Å². The van der Waals surface area contributed by atoms with E-state index in [2.05, 4.69) is 5.32 Å². The summed E-state index contributed by atoms with van der Waals surface area (Å²) in [5.41, 5.74) is 0. The third-order valence-corrected chi connectivity index (χ3v) is 2.49. The van der Waals surface area contributed by atoms with Crippen LogP contribution in [0, 0.1) is 0 Å². The summed E-state index contributed by atoms with van der Waals surface area (Å²) in [7, 11) is 0. The van der Waals surface area contributed by atoms with Gasteiger partial charge in [0.05, 0.1) is 0 Å². The number of aliphatic carboxylic acids is 1. The Morgan fingerprint density at radius 3 is 2.47 bits per heavy atom. The normalized spacial score (nSPS) is 15.3. The van der Waals surface area contributed by atoms with Gasteiger partial charge in [-0.3, -0.25) is 4.79 Å². The van der Waals surface area contributed by atoms with Crippen molar-refractivity contribution >= 4 is 12.0 Å². The van der Waals surface area contributed by atoms with Crippen LogP contribution in [0.3, 0.4) is 0 Å². The maximum Gasteiger partial charge on any atom is 0.317 e. The van der Waals surface area contributed by atoms with Gasteiger partial charge in [-0.1, -0.05) is 0 Å². The van der Waals surface area contributed by atoms with Crippen molar-refractivity contribution in [3.8, 4) is 0 Å². The van der Waals surface area contributed by atoms with Gasteiger partial charge in [0.2, 0.25) is 0 Å². The van der Waals surface area contributed by atoms with E-state index in [1.54, 1.807) is 4.90 Å². The van der Waals surface area contributed by atoms with Gasteiger partial charge in [0.15, 0.2) is 0 Å². The molecule has 1 aliphatic rings. The summed E-state index contributed by atoms with van der Waals surface area (Å²) in [5, 5.41) is 11.2. The molecule has 0 aromatic rings. The first-order chi connectivity index (χ1) is 7.20. The van der Waals surface area contributed by atoms with Crippen LogP contribution in [0.2, 0.25) is 0 Å². The molecule has 0 atom stereocenters. The van der Waals surface area contributed by atoms with Gasteiger partial charge in [-0.25, -0.2) is 4.79 Å². The molecule has 0 aromatic heterocycles. The molecule has 1 fully saturated rings. The van der Waals surface area contributed by atoms with Crippen molar-refractivity contribution in [3.05, 3.63) is 0 Å². The van der Waals surface area contributed by atoms with Crippen LogP contribution in [0.15, 0.2) is 0 Å². The molecular weight excluding hydrogens is 196 g/mol. The molecule has 0 aromatic carbocycles. The van der Waals surface area contributed by atoms with Crippen LogP contribution in [0.1, 0.15) is 32.1 Å². The lowest BCUT2D eigenvalue weighted by atomic mass is 10.2. The molecule has 1 rings (SSSR count). The molecule has 5 nitrogen and oxygen atoms in total. The van der Waals surface area contributed by atoms with Crippen molar-refractivity contribution in [1.82, 2.24) is 10.2 Å². The predicted octanol–water partition coefficient (Wildman–Crippen LogP) is 1.05. The summed E-state index contributed by atoms with van der Waals surface area (Å²) in [4.78, 5) is 23.5. The molecule has 1 heterocycles. The SMILES string of the molecule is O=C(O)CCCCNC(=O)N1CCCC1. The van der Waals surface area contributed by atoms with Crippen LogP contribution in [-0.2, 0) is 4.79 Å². The first kappa shape index (κ1) is 11.8. The van der Waals surface area contributed by atoms with Gasteiger partial charge in [-0.15, -0.1) is 0 Å². The highest BCUT2D eigenvalue weighted by atomic mass is 16.4. The number of carbonyl (C=O) groups excluding carboxylic acids is 1. The molecule has 2 amide bonds. The van der Waals surface area contributed by atoms with E-state index < -0.39 is 5.97 Å². The standard InChI is InChI=1S/C10H18N2O3/c13-9(14)5-1-2-6-11-10(15)12-7-3-4-8-12/h1-8H2,(H,11,15)(H,13,14). The van der Waals surface area contributed by atoms with E-state index in [0.717, 1.165) is 32.4 Å². The number of likely N-dealkylation sites (tertiary alicyclic amines) is 1. The summed E-state index contributed by atoms with van der Waals surface area (Å²) in [6.07, 6.45) is 3.71. The van der Waals surface area contributed by atoms with E-state index in [9.17, 15) is 9.59 Å². The van der Waals surface area contributed by atoms with E-state index in [1.165, 1.54) is 0 Å². The van der Waals surface area contributed by atoms with Crippen molar-refractivity contribution in [2.24, 2.45) is 0 Å². The third-order valence-electron chi connectivity index (χ3n) is 2.49. The summed E-state index contributed by atoms with van der Waals surface area (Å²) in [5.74, 6) is -0.777. The molecule has 1 aliphatic heterocycles. The van der Waals surface area contributed by atoms with E-state index in [4.69, 9.17) is 5.11 Å². The van der Waals surface area contributed by atoms with Gasteiger partial charge in [-0.2, -0.15) is 0 Å². The molecule has 1 saturated heterocycles. The molecule has 5 heteroatoms. The van der Waals surface area contributed by atoms with Gasteiger partial charge in [0.1, 0.15) is 0 Å². The summed E-state index contributed by atoms with van der Waals surface area (Å²) >= 11 is 0. The Labute approximate surface area is 89.4 Å². The Balaban J connectivity index is 1.99. The fourth-order valence-corrected chi connectivity index (χ4v) is 1.63. The highest BCUT2D eigenvalue weighted by Gasteiger charge is 2.16. The zero-order valence-corrected chi connectivity index (χ0v) is 8.87. The number of urea groups is 1. The third kappa shape index (κ3) is 4.67. The monoisotopic (exact) mass is 214 g/mol. The van der Waals surface area contributed by atoms with Crippen LogP contribution in [0.4, 0.5) is 4.79 Å². The number of hydrogen-bond acceptors (Lipinski definition) is 2. The number of hydrogen-bond donors (Lipinski definition) is 2. The largest absolute Gasteiger partial charge is 0.481 e. The highest BCUT2D eigenvalue weighted by Crippen LogP contribution is 2.06. The van der Waals surface area contributed by atoms with E-state index in [1.807, 2.05) is 0 Å². The lowest BCUT2D eigenvalue weighted by Crippen LogP contribution is -2.38. The molecule has 86 valence electrons. The number of rotatable bonds is 5. The Morgan fingerprint density at radius 1 is 1.20 bits per heavy atom. The number of nitrogens with one attached hydrogen (secondary N) is 1. The number of carboxylic acids is 1. The molecule has 0 saturated carbocycles. The molecule has 0 unspecified atom stereocenters. The highest BCUT2D eigenvalue weighted by molar-refractivity contribution is 5.74. The van der Waals surface area contributed by atoms with Crippen LogP contribution in [-0.4, -0.2) is 41.6 Å². The van der Waals surface area contributed by atoms with Crippen molar-refractivity contribution in [2.75, 3.05) is 19.6 Å². The maximum absolute atomic E-state index is 11.4. The second-order valence-electron chi connectivity index (χ2n) is 3.78. The zero-order valence-electron chi connectivity index (χ0n) is 8.87. The van der Waals surface area contributed by atoms with Crippen LogP contribution in [0.5, 0.6) is 0 Å². The van der Waals surface area contributed by atoms with Gasteiger partial charge >= 0.3 is 12.0 Å². The molecule has 0 radical (unpaired) electrons. The molecule has 0 bridgehead atoms. The molecular formula is C10H18N2O3. The van der Waals surface area contributed by atoms with Crippen molar-refractivity contribution in [3.63, 3.8) is 0 Å². The van der Waals surface area contributed by atoms with E-state index in [0.29, 0.717) is 13.0 Å². The van der Waals surface area contributed by atoms with E-state index in [-0.39, 0.29) is 12.5 Å². The topological polar surface area (TPSA) is 69.6 Å². The van der Waals surface area contributed by atoms with Gasteiger partial charge in [-0.05, 0) is 25.7 Å². The minimum absolute atomic E-state index is 0.0113. The molecule has 2 N–H and O–H groups in total.